The Labute approximate surface area is 109 Å². The SMILES string of the molecule is CC(C)C[C@]1(C)CC(=O)N(C[C@H](O)C(F)(F)F)C1=O. The predicted molar refractivity (Wildman–Crippen MR) is 61.0 cm³/mol. The Balaban J connectivity index is 2.83. The zero-order valence-electron chi connectivity index (χ0n) is 11.1. The van der Waals surface area contributed by atoms with Gasteiger partial charge in [0.1, 0.15) is 0 Å². The summed E-state index contributed by atoms with van der Waals surface area (Å²) in [7, 11) is 0. The summed E-state index contributed by atoms with van der Waals surface area (Å²) in [6, 6.07) is 0. The maximum atomic E-state index is 12.3. The lowest BCUT2D eigenvalue weighted by atomic mass is 9.80. The Hall–Kier alpha value is -1.11. The van der Waals surface area contributed by atoms with Gasteiger partial charge >= 0.3 is 6.18 Å². The Morgan fingerprint density at radius 1 is 1.37 bits per heavy atom. The fourth-order valence-electron chi connectivity index (χ4n) is 2.47. The van der Waals surface area contributed by atoms with Crippen molar-refractivity contribution in [2.24, 2.45) is 11.3 Å². The maximum Gasteiger partial charge on any atom is 0.416 e. The number of rotatable bonds is 4. The summed E-state index contributed by atoms with van der Waals surface area (Å²) in [6.45, 7) is 4.30. The second-order valence-electron chi connectivity index (χ2n) is 5.70. The molecule has 0 aromatic rings. The Bertz CT molecular complexity index is 381. The molecule has 0 bridgehead atoms. The van der Waals surface area contributed by atoms with Crippen LogP contribution in [0.3, 0.4) is 0 Å². The molecule has 1 aliphatic heterocycles. The number of nitrogens with zero attached hydrogens (tertiary/aromatic N) is 1. The van der Waals surface area contributed by atoms with Crippen molar-refractivity contribution in [3.63, 3.8) is 0 Å². The minimum atomic E-state index is -4.84. The molecular formula is C12H18F3NO3. The van der Waals surface area contributed by atoms with Crippen molar-refractivity contribution >= 4 is 11.8 Å². The van der Waals surface area contributed by atoms with Crippen molar-refractivity contribution in [3.8, 4) is 0 Å². The lowest BCUT2D eigenvalue weighted by Crippen LogP contribution is -2.44. The normalized spacial score (nSPS) is 26.4. The summed E-state index contributed by atoms with van der Waals surface area (Å²) in [6.07, 6.45) is -7.20. The van der Waals surface area contributed by atoms with E-state index in [9.17, 15) is 22.8 Å². The predicted octanol–water partition coefficient (Wildman–Crippen LogP) is 1.72. The van der Waals surface area contributed by atoms with Crippen LogP contribution in [0.2, 0.25) is 0 Å². The second kappa shape index (κ2) is 5.11. The first-order valence-electron chi connectivity index (χ1n) is 6.07. The minimum Gasteiger partial charge on any atom is -0.382 e. The van der Waals surface area contributed by atoms with Crippen LogP contribution in [0.4, 0.5) is 13.2 Å². The molecule has 0 unspecified atom stereocenters. The van der Waals surface area contributed by atoms with E-state index in [0.717, 1.165) is 0 Å². The molecule has 1 N–H and O–H groups in total. The van der Waals surface area contributed by atoms with Gasteiger partial charge in [0.2, 0.25) is 11.8 Å². The molecule has 110 valence electrons. The highest BCUT2D eigenvalue weighted by Gasteiger charge is 2.51. The average Bonchev–Trinajstić information content (AvgIpc) is 2.39. The first-order chi connectivity index (χ1) is 8.47. The van der Waals surface area contributed by atoms with E-state index < -0.39 is 36.1 Å². The van der Waals surface area contributed by atoms with Gasteiger partial charge in [-0.05, 0) is 12.3 Å². The van der Waals surface area contributed by atoms with Crippen LogP contribution in [-0.4, -0.2) is 40.6 Å². The smallest absolute Gasteiger partial charge is 0.382 e. The molecule has 1 saturated heterocycles. The molecule has 1 aliphatic rings. The third-order valence-electron chi connectivity index (χ3n) is 3.20. The molecule has 0 aromatic heterocycles. The van der Waals surface area contributed by atoms with E-state index in [1.807, 2.05) is 13.8 Å². The number of aliphatic hydroxyl groups excluding tert-OH is 1. The summed E-state index contributed by atoms with van der Waals surface area (Å²) in [5.74, 6) is -1.14. The number of carbonyl (C=O) groups excluding carboxylic acids is 2. The van der Waals surface area contributed by atoms with Gasteiger partial charge in [0.15, 0.2) is 6.10 Å². The number of hydrogen-bond acceptors (Lipinski definition) is 3. The zero-order valence-corrected chi connectivity index (χ0v) is 11.1. The molecule has 0 aliphatic carbocycles. The quantitative estimate of drug-likeness (QED) is 0.798. The van der Waals surface area contributed by atoms with Gasteiger partial charge < -0.3 is 5.11 Å². The minimum absolute atomic E-state index is 0.103. The Morgan fingerprint density at radius 3 is 2.32 bits per heavy atom. The number of alkyl halides is 3. The highest BCUT2D eigenvalue weighted by atomic mass is 19.4. The summed E-state index contributed by atoms with van der Waals surface area (Å²) < 4.78 is 36.8. The van der Waals surface area contributed by atoms with Crippen molar-refractivity contribution < 1.29 is 27.9 Å². The highest BCUT2D eigenvalue weighted by molar-refractivity contribution is 6.05. The fraction of sp³-hybridized carbons (Fsp3) is 0.833. The lowest BCUT2D eigenvalue weighted by Gasteiger charge is -2.25. The van der Waals surface area contributed by atoms with Crippen molar-refractivity contribution in [2.75, 3.05) is 6.54 Å². The molecule has 1 rings (SSSR count). The molecule has 0 spiro atoms. The number of imide groups is 1. The summed E-state index contributed by atoms with van der Waals surface area (Å²) in [5.41, 5.74) is -0.962. The summed E-state index contributed by atoms with van der Waals surface area (Å²) in [4.78, 5) is 24.3. The molecule has 2 amide bonds. The topological polar surface area (TPSA) is 57.6 Å². The van der Waals surface area contributed by atoms with Gasteiger partial charge in [0.25, 0.3) is 0 Å². The number of carbonyl (C=O) groups is 2. The van der Waals surface area contributed by atoms with Gasteiger partial charge in [-0.15, -0.1) is 0 Å². The van der Waals surface area contributed by atoms with E-state index in [1.54, 1.807) is 6.92 Å². The largest absolute Gasteiger partial charge is 0.416 e. The maximum absolute atomic E-state index is 12.3. The van der Waals surface area contributed by atoms with E-state index in [-0.39, 0.29) is 12.3 Å². The van der Waals surface area contributed by atoms with Crippen LogP contribution < -0.4 is 0 Å². The van der Waals surface area contributed by atoms with E-state index in [0.29, 0.717) is 11.3 Å². The standard InChI is InChI=1S/C12H18F3NO3/c1-7(2)4-11(3)5-9(18)16(10(11)19)6-8(17)12(13,14)15/h7-8,17H,4-6H2,1-3H3/t8-,11+/m0/s1. The molecule has 7 heteroatoms. The lowest BCUT2D eigenvalue weighted by molar-refractivity contribution is -0.208. The first kappa shape index (κ1) is 15.9. The number of β-amino-alcohol motifs (C(OH)–C–C–N with tert-alkyl or cyclic N) is 1. The van der Waals surface area contributed by atoms with E-state index in [4.69, 9.17) is 5.11 Å². The molecule has 1 fully saturated rings. The van der Waals surface area contributed by atoms with Crippen LogP contribution in [0.1, 0.15) is 33.6 Å². The van der Waals surface area contributed by atoms with Crippen molar-refractivity contribution in [1.82, 2.24) is 4.90 Å². The van der Waals surface area contributed by atoms with Gasteiger partial charge in [0.05, 0.1) is 12.0 Å². The van der Waals surface area contributed by atoms with Gasteiger partial charge in [-0.25, -0.2) is 0 Å². The Kier molecular flexibility index (Phi) is 4.29. The fourth-order valence-corrected chi connectivity index (χ4v) is 2.47. The second-order valence-corrected chi connectivity index (χ2v) is 5.70. The van der Waals surface area contributed by atoms with E-state index in [1.165, 1.54) is 0 Å². The molecule has 19 heavy (non-hydrogen) atoms. The molecule has 4 nitrogen and oxygen atoms in total. The van der Waals surface area contributed by atoms with Crippen LogP contribution in [0.25, 0.3) is 0 Å². The number of amides is 2. The van der Waals surface area contributed by atoms with E-state index in [2.05, 4.69) is 0 Å². The van der Waals surface area contributed by atoms with Crippen LogP contribution in [0.15, 0.2) is 0 Å². The van der Waals surface area contributed by atoms with Crippen molar-refractivity contribution in [3.05, 3.63) is 0 Å². The van der Waals surface area contributed by atoms with Crippen LogP contribution in [0.5, 0.6) is 0 Å². The molecule has 0 saturated carbocycles. The highest BCUT2D eigenvalue weighted by Crippen LogP contribution is 2.38. The number of halogens is 3. The summed E-state index contributed by atoms with van der Waals surface area (Å²) >= 11 is 0. The van der Waals surface area contributed by atoms with Crippen LogP contribution in [-0.2, 0) is 9.59 Å². The molecule has 1 heterocycles. The first-order valence-corrected chi connectivity index (χ1v) is 6.07. The number of likely N-dealkylation sites (tertiary alicyclic amines) is 1. The van der Waals surface area contributed by atoms with Crippen LogP contribution in [0, 0.1) is 11.3 Å². The third-order valence-corrected chi connectivity index (χ3v) is 3.20. The van der Waals surface area contributed by atoms with Gasteiger partial charge in [-0.1, -0.05) is 20.8 Å². The average molecular weight is 281 g/mol. The molecule has 0 radical (unpaired) electrons. The zero-order chi connectivity index (χ0) is 15.0. The number of hydrogen-bond donors (Lipinski definition) is 1. The van der Waals surface area contributed by atoms with Crippen molar-refractivity contribution in [2.45, 2.75) is 45.9 Å². The third kappa shape index (κ3) is 3.46. The van der Waals surface area contributed by atoms with Gasteiger partial charge in [0, 0.05) is 6.42 Å². The number of aliphatic hydroxyl groups is 1. The monoisotopic (exact) mass is 281 g/mol. The molecule has 0 aromatic carbocycles. The van der Waals surface area contributed by atoms with Crippen molar-refractivity contribution in [1.29, 1.82) is 0 Å². The molecular weight excluding hydrogens is 263 g/mol. The van der Waals surface area contributed by atoms with Gasteiger partial charge in [-0.3, -0.25) is 14.5 Å². The summed E-state index contributed by atoms with van der Waals surface area (Å²) in [5, 5.41) is 8.96. The van der Waals surface area contributed by atoms with E-state index >= 15 is 0 Å². The van der Waals surface area contributed by atoms with Crippen LogP contribution >= 0.6 is 0 Å². The van der Waals surface area contributed by atoms with Gasteiger partial charge in [-0.2, -0.15) is 13.2 Å². The molecule has 2 atom stereocenters. The Morgan fingerprint density at radius 2 is 1.89 bits per heavy atom.